The second kappa shape index (κ2) is 5.63. The maximum Gasteiger partial charge on any atom is 0.323 e. The van der Waals surface area contributed by atoms with Crippen LogP contribution in [0.25, 0.3) is 21.9 Å². The van der Waals surface area contributed by atoms with Gasteiger partial charge in [-0.2, -0.15) is 0 Å². The van der Waals surface area contributed by atoms with Gasteiger partial charge in [0.25, 0.3) is 0 Å². The number of imidazole rings is 1. The fourth-order valence-corrected chi connectivity index (χ4v) is 4.06. The summed E-state index contributed by atoms with van der Waals surface area (Å²) in [5.74, 6) is 0.521. The number of aromatic nitrogens is 3. The van der Waals surface area contributed by atoms with Crippen molar-refractivity contribution in [3.8, 4) is 0 Å². The Balaban J connectivity index is 1.35. The molecule has 1 fully saturated rings. The molecule has 0 radical (unpaired) electrons. The highest BCUT2D eigenvalue weighted by atomic mass is 16.1. The molecule has 5 heteroatoms. The van der Waals surface area contributed by atoms with Gasteiger partial charge in [0.15, 0.2) is 0 Å². The largest absolute Gasteiger partial charge is 0.361 e. The van der Waals surface area contributed by atoms with E-state index in [1.165, 1.54) is 22.0 Å². The monoisotopic (exact) mass is 332 g/mol. The van der Waals surface area contributed by atoms with E-state index in [9.17, 15) is 4.79 Å². The highest BCUT2D eigenvalue weighted by molar-refractivity contribution is 5.83. The number of aromatic amines is 3. The average Bonchev–Trinajstić information content (AvgIpc) is 3.33. The van der Waals surface area contributed by atoms with Gasteiger partial charge in [0.1, 0.15) is 0 Å². The van der Waals surface area contributed by atoms with Gasteiger partial charge in [0.05, 0.1) is 11.0 Å². The van der Waals surface area contributed by atoms with Crippen molar-refractivity contribution in [3.63, 3.8) is 0 Å². The smallest absolute Gasteiger partial charge is 0.323 e. The fourth-order valence-electron chi connectivity index (χ4n) is 4.06. The van der Waals surface area contributed by atoms with Gasteiger partial charge in [0.2, 0.25) is 0 Å². The maximum atomic E-state index is 11.4. The van der Waals surface area contributed by atoms with Gasteiger partial charge in [-0.15, -0.1) is 0 Å². The third-order valence-electron chi connectivity index (χ3n) is 5.35. The predicted octanol–water partition coefficient (Wildman–Crippen LogP) is 3.33. The minimum absolute atomic E-state index is 0.139. The van der Waals surface area contributed by atoms with Crippen LogP contribution in [-0.4, -0.2) is 32.9 Å². The van der Waals surface area contributed by atoms with Crippen LogP contribution in [0.3, 0.4) is 0 Å². The van der Waals surface area contributed by atoms with E-state index in [-0.39, 0.29) is 5.69 Å². The zero-order valence-corrected chi connectivity index (χ0v) is 13.9. The second-order valence-electron chi connectivity index (χ2n) is 6.96. The molecule has 4 aromatic rings. The summed E-state index contributed by atoms with van der Waals surface area (Å²) in [6, 6.07) is 14.7. The number of hydrogen-bond acceptors (Lipinski definition) is 2. The van der Waals surface area contributed by atoms with Gasteiger partial charge in [0, 0.05) is 30.2 Å². The van der Waals surface area contributed by atoms with Crippen LogP contribution in [0.15, 0.2) is 53.5 Å². The topological polar surface area (TPSA) is 67.7 Å². The number of H-pyrrole nitrogens is 3. The quantitative estimate of drug-likeness (QED) is 0.539. The number of para-hydroxylation sites is 1. The number of nitrogens with zero attached hydrogens (tertiary/aromatic N) is 1. The Morgan fingerprint density at radius 2 is 1.92 bits per heavy atom. The Labute approximate surface area is 144 Å². The lowest BCUT2D eigenvalue weighted by Crippen LogP contribution is -2.19. The van der Waals surface area contributed by atoms with Crippen LogP contribution in [0.2, 0.25) is 0 Å². The molecule has 3 heterocycles. The molecule has 0 aliphatic carbocycles. The summed E-state index contributed by atoms with van der Waals surface area (Å²) in [4.78, 5) is 23.0. The van der Waals surface area contributed by atoms with Crippen LogP contribution in [0.1, 0.15) is 23.5 Å². The van der Waals surface area contributed by atoms with Crippen molar-refractivity contribution in [1.82, 2.24) is 19.9 Å². The second-order valence-corrected chi connectivity index (χ2v) is 6.96. The summed E-state index contributed by atoms with van der Waals surface area (Å²) in [5, 5.41) is 1.32. The number of hydrogen-bond donors (Lipinski definition) is 3. The van der Waals surface area contributed by atoms with E-state index < -0.39 is 0 Å². The van der Waals surface area contributed by atoms with E-state index in [2.05, 4.69) is 62.4 Å². The molecular weight excluding hydrogens is 312 g/mol. The maximum absolute atomic E-state index is 11.4. The van der Waals surface area contributed by atoms with E-state index in [1.54, 1.807) is 0 Å². The Hall–Kier alpha value is -2.79. The highest BCUT2D eigenvalue weighted by Crippen LogP contribution is 2.30. The van der Waals surface area contributed by atoms with E-state index in [4.69, 9.17) is 0 Å². The highest BCUT2D eigenvalue weighted by Gasteiger charge is 2.24. The zero-order valence-electron chi connectivity index (χ0n) is 13.9. The SMILES string of the molecule is O=c1[nH]c2ccc(C3CCN(Cc4c[nH]c5ccccc45)C3)cc2[nH]1. The van der Waals surface area contributed by atoms with Crippen molar-refractivity contribution in [1.29, 1.82) is 0 Å². The molecule has 1 aliphatic rings. The molecule has 1 aliphatic heterocycles. The molecule has 126 valence electrons. The Morgan fingerprint density at radius 3 is 2.88 bits per heavy atom. The first-order valence-corrected chi connectivity index (χ1v) is 8.75. The fraction of sp³-hybridized carbons (Fsp3) is 0.250. The molecule has 0 bridgehead atoms. The molecular formula is C20H20N4O. The van der Waals surface area contributed by atoms with Crippen LogP contribution in [0, 0.1) is 0 Å². The molecule has 3 N–H and O–H groups in total. The number of rotatable bonds is 3. The lowest BCUT2D eigenvalue weighted by atomic mass is 9.98. The molecule has 5 rings (SSSR count). The molecule has 2 aromatic carbocycles. The Morgan fingerprint density at radius 1 is 1.04 bits per heavy atom. The minimum Gasteiger partial charge on any atom is -0.361 e. The minimum atomic E-state index is -0.139. The molecule has 1 unspecified atom stereocenters. The summed E-state index contributed by atoms with van der Waals surface area (Å²) in [5.41, 5.74) is 5.51. The van der Waals surface area contributed by atoms with Crippen LogP contribution in [0.5, 0.6) is 0 Å². The lowest BCUT2D eigenvalue weighted by molar-refractivity contribution is 0.328. The first-order valence-electron chi connectivity index (χ1n) is 8.75. The van der Waals surface area contributed by atoms with Crippen molar-refractivity contribution in [3.05, 3.63) is 70.3 Å². The summed E-state index contributed by atoms with van der Waals surface area (Å²) >= 11 is 0. The lowest BCUT2D eigenvalue weighted by Gasteiger charge is -2.16. The molecule has 0 saturated carbocycles. The van der Waals surface area contributed by atoms with Gasteiger partial charge in [-0.3, -0.25) is 4.90 Å². The van der Waals surface area contributed by atoms with Gasteiger partial charge < -0.3 is 15.0 Å². The summed E-state index contributed by atoms with van der Waals surface area (Å²) in [6.07, 6.45) is 3.29. The number of nitrogens with one attached hydrogen (secondary N) is 3. The molecule has 1 atom stereocenters. The standard InChI is InChI=1S/C20H20N4O/c25-20-22-18-6-5-13(9-19(18)23-20)14-7-8-24(11-14)12-15-10-21-17-4-2-1-3-16(15)17/h1-6,9-10,14,21H,7-8,11-12H2,(H2,22,23,25). The number of likely N-dealkylation sites (tertiary alicyclic amines) is 1. The van der Waals surface area contributed by atoms with E-state index in [1.807, 2.05) is 6.07 Å². The number of benzene rings is 2. The molecule has 0 amide bonds. The van der Waals surface area contributed by atoms with Crippen LogP contribution >= 0.6 is 0 Å². The molecule has 0 spiro atoms. The normalized spacial score (nSPS) is 18.5. The average molecular weight is 332 g/mol. The Kier molecular flexibility index (Phi) is 3.28. The van der Waals surface area contributed by atoms with Crippen molar-refractivity contribution in [2.45, 2.75) is 18.9 Å². The van der Waals surface area contributed by atoms with Gasteiger partial charge in [-0.25, -0.2) is 4.79 Å². The zero-order chi connectivity index (χ0) is 16.8. The third kappa shape index (κ3) is 2.57. The summed E-state index contributed by atoms with van der Waals surface area (Å²) < 4.78 is 0. The van der Waals surface area contributed by atoms with E-state index >= 15 is 0 Å². The summed E-state index contributed by atoms with van der Waals surface area (Å²) in [6.45, 7) is 3.13. The van der Waals surface area contributed by atoms with Crippen molar-refractivity contribution in [2.24, 2.45) is 0 Å². The first-order chi connectivity index (χ1) is 12.3. The molecule has 2 aromatic heterocycles. The van der Waals surface area contributed by atoms with Crippen LogP contribution < -0.4 is 5.69 Å². The molecule has 25 heavy (non-hydrogen) atoms. The Bertz CT molecular complexity index is 1100. The first kappa shape index (κ1) is 14.5. The van der Waals surface area contributed by atoms with E-state index in [0.717, 1.165) is 37.1 Å². The van der Waals surface area contributed by atoms with Gasteiger partial charge >= 0.3 is 5.69 Å². The third-order valence-corrected chi connectivity index (χ3v) is 5.35. The van der Waals surface area contributed by atoms with Crippen molar-refractivity contribution in [2.75, 3.05) is 13.1 Å². The van der Waals surface area contributed by atoms with Crippen LogP contribution in [0.4, 0.5) is 0 Å². The van der Waals surface area contributed by atoms with Crippen molar-refractivity contribution < 1.29 is 0 Å². The van der Waals surface area contributed by atoms with Gasteiger partial charge in [-0.1, -0.05) is 24.3 Å². The molecule has 1 saturated heterocycles. The number of fused-ring (bicyclic) bond motifs is 2. The van der Waals surface area contributed by atoms with Crippen LogP contribution in [-0.2, 0) is 6.54 Å². The van der Waals surface area contributed by atoms with Crippen molar-refractivity contribution >= 4 is 21.9 Å². The molecule has 5 nitrogen and oxygen atoms in total. The van der Waals surface area contributed by atoms with Gasteiger partial charge in [-0.05, 0) is 48.2 Å². The summed E-state index contributed by atoms with van der Waals surface area (Å²) in [7, 11) is 0. The predicted molar refractivity (Wildman–Crippen MR) is 99.9 cm³/mol. The van der Waals surface area contributed by atoms with E-state index in [0.29, 0.717) is 5.92 Å².